The fourth-order valence-electron chi connectivity index (χ4n) is 3.47. The summed E-state index contributed by atoms with van der Waals surface area (Å²) in [6, 6.07) is 13.7. The molecule has 2 aromatic carbocycles. The van der Waals surface area contributed by atoms with Crippen molar-refractivity contribution in [3.63, 3.8) is 0 Å². The van der Waals surface area contributed by atoms with Gasteiger partial charge in [0.2, 0.25) is 11.8 Å². The van der Waals surface area contributed by atoms with Crippen LogP contribution in [0.5, 0.6) is 5.75 Å². The lowest BCUT2D eigenvalue weighted by atomic mass is 9.89. The summed E-state index contributed by atoms with van der Waals surface area (Å²) in [5.74, 6) is 0.411. The molecule has 1 aliphatic rings. The van der Waals surface area contributed by atoms with Crippen molar-refractivity contribution in [3.05, 3.63) is 71.9 Å². The van der Waals surface area contributed by atoms with Crippen LogP contribution in [0.2, 0.25) is 0 Å². The second-order valence-corrected chi connectivity index (χ2v) is 7.55. The number of fused-ring (bicyclic) bond motifs is 1. The maximum Gasteiger partial charge on any atom is 0.226 e. The molecule has 4 rings (SSSR count). The Hall–Kier alpha value is -3.15. The van der Waals surface area contributed by atoms with Gasteiger partial charge < -0.3 is 14.5 Å². The van der Waals surface area contributed by atoms with Crippen molar-refractivity contribution in [2.45, 2.75) is 38.3 Å². The Labute approximate surface area is 162 Å². The first-order valence-electron chi connectivity index (χ1n) is 9.17. The van der Waals surface area contributed by atoms with E-state index in [0.717, 1.165) is 11.1 Å². The molecule has 0 fully saturated rings. The molecular formula is C22H21FN2O3. The first kappa shape index (κ1) is 18.2. The number of aromatic nitrogens is 1. The molecule has 3 aromatic rings. The number of hydrogen-bond donors (Lipinski definition) is 1. The zero-order valence-corrected chi connectivity index (χ0v) is 15.7. The highest BCUT2D eigenvalue weighted by Crippen LogP contribution is 2.39. The fraction of sp³-hybridized carbons (Fsp3) is 0.273. The monoisotopic (exact) mass is 380 g/mol. The van der Waals surface area contributed by atoms with E-state index in [1.807, 2.05) is 44.2 Å². The predicted octanol–water partition coefficient (Wildman–Crippen LogP) is 4.44. The number of nitrogens with one attached hydrogen (secondary N) is 1. The zero-order valence-electron chi connectivity index (χ0n) is 15.7. The quantitative estimate of drug-likeness (QED) is 0.727. The Bertz CT molecular complexity index is 998. The van der Waals surface area contributed by atoms with Crippen LogP contribution in [-0.4, -0.2) is 16.5 Å². The molecule has 0 spiro atoms. The van der Waals surface area contributed by atoms with Crippen molar-refractivity contribution in [1.29, 1.82) is 0 Å². The number of halogens is 1. The van der Waals surface area contributed by atoms with Crippen LogP contribution >= 0.6 is 0 Å². The third kappa shape index (κ3) is 3.91. The molecule has 0 saturated heterocycles. The second kappa shape index (κ2) is 7.11. The highest BCUT2D eigenvalue weighted by atomic mass is 19.1. The van der Waals surface area contributed by atoms with Gasteiger partial charge in [-0.25, -0.2) is 9.37 Å². The summed E-state index contributed by atoms with van der Waals surface area (Å²) in [5, 5.41) is 3.02. The van der Waals surface area contributed by atoms with Crippen molar-refractivity contribution in [3.8, 4) is 17.2 Å². The Morgan fingerprint density at radius 2 is 2.04 bits per heavy atom. The van der Waals surface area contributed by atoms with Crippen LogP contribution in [0.4, 0.5) is 4.39 Å². The number of ether oxygens (including phenoxy) is 1. The molecule has 1 N–H and O–H groups in total. The normalized spacial score (nSPS) is 17.5. The average molecular weight is 380 g/mol. The van der Waals surface area contributed by atoms with Gasteiger partial charge in [0.1, 0.15) is 23.4 Å². The van der Waals surface area contributed by atoms with Gasteiger partial charge in [-0.15, -0.1) is 0 Å². The van der Waals surface area contributed by atoms with Crippen LogP contribution in [-0.2, 0) is 11.2 Å². The van der Waals surface area contributed by atoms with E-state index >= 15 is 0 Å². The maximum atomic E-state index is 13.6. The van der Waals surface area contributed by atoms with E-state index in [9.17, 15) is 9.18 Å². The minimum absolute atomic E-state index is 0.102. The minimum Gasteiger partial charge on any atom is -0.487 e. The number of benzene rings is 2. The third-order valence-electron chi connectivity index (χ3n) is 4.68. The second-order valence-electron chi connectivity index (χ2n) is 7.55. The molecule has 1 unspecified atom stereocenters. The Kier molecular flexibility index (Phi) is 4.63. The summed E-state index contributed by atoms with van der Waals surface area (Å²) in [6.07, 6.45) is 2.19. The maximum absolute atomic E-state index is 13.6. The summed E-state index contributed by atoms with van der Waals surface area (Å²) in [6.45, 7) is 3.84. The first-order chi connectivity index (χ1) is 13.4. The van der Waals surface area contributed by atoms with Crippen LogP contribution in [0.1, 0.15) is 37.6 Å². The summed E-state index contributed by atoms with van der Waals surface area (Å²) >= 11 is 0. The van der Waals surface area contributed by atoms with Gasteiger partial charge >= 0.3 is 0 Å². The molecule has 28 heavy (non-hydrogen) atoms. The van der Waals surface area contributed by atoms with E-state index in [1.54, 1.807) is 6.07 Å². The topological polar surface area (TPSA) is 64.4 Å². The summed E-state index contributed by atoms with van der Waals surface area (Å²) in [7, 11) is 0. The van der Waals surface area contributed by atoms with Crippen LogP contribution in [0.15, 0.2) is 59.2 Å². The van der Waals surface area contributed by atoms with Gasteiger partial charge in [0.15, 0.2) is 0 Å². The number of carbonyl (C=O) groups excluding carboxylic acids is 1. The van der Waals surface area contributed by atoms with Crippen LogP contribution in [0, 0.1) is 5.82 Å². The van der Waals surface area contributed by atoms with E-state index in [-0.39, 0.29) is 24.2 Å². The summed E-state index contributed by atoms with van der Waals surface area (Å²) in [5.41, 5.74) is 1.69. The Morgan fingerprint density at radius 3 is 2.82 bits per heavy atom. The molecular weight excluding hydrogens is 359 g/mol. The zero-order chi connectivity index (χ0) is 19.7. The molecule has 1 atom stereocenters. The number of oxazole rings is 1. The lowest BCUT2D eigenvalue weighted by Gasteiger charge is -2.37. The minimum atomic E-state index is -0.507. The average Bonchev–Trinajstić information content (AvgIpc) is 3.09. The molecule has 0 bridgehead atoms. The number of amides is 1. The van der Waals surface area contributed by atoms with Crippen molar-refractivity contribution in [1.82, 2.24) is 10.3 Å². The van der Waals surface area contributed by atoms with Gasteiger partial charge in [-0.1, -0.05) is 24.3 Å². The van der Waals surface area contributed by atoms with Gasteiger partial charge in [-0.05, 0) is 32.0 Å². The van der Waals surface area contributed by atoms with Crippen molar-refractivity contribution >= 4 is 5.91 Å². The van der Waals surface area contributed by atoms with Crippen LogP contribution in [0.3, 0.4) is 0 Å². The van der Waals surface area contributed by atoms with Gasteiger partial charge in [0.05, 0.1) is 18.2 Å². The van der Waals surface area contributed by atoms with Gasteiger partial charge in [0, 0.05) is 23.6 Å². The third-order valence-corrected chi connectivity index (χ3v) is 4.68. The van der Waals surface area contributed by atoms with Crippen molar-refractivity contribution < 1.29 is 18.3 Å². The van der Waals surface area contributed by atoms with Crippen molar-refractivity contribution in [2.24, 2.45) is 0 Å². The van der Waals surface area contributed by atoms with E-state index in [4.69, 9.17) is 9.15 Å². The highest BCUT2D eigenvalue weighted by molar-refractivity contribution is 5.79. The van der Waals surface area contributed by atoms with E-state index in [2.05, 4.69) is 10.3 Å². The Morgan fingerprint density at radius 1 is 1.25 bits per heavy atom. The molecule has 144 valence electrons. The molecule has 1 amide bonds. The number of rotatable bonds is 4. The fourth-order valence-corrected chi connectivity index (χ4v) is 3.47. The van der Waals surface area contributed by atoms with E-state index in [0.29, 0.717) is 23.8 Å². The van der Waals surface area contributed by atoms with Crippen molar-refractivity contribution in [2.75, 3.05) is 0 Å². The van der Waals surface area contributed by atoms with Gasteiger partial charge in [-0.2, -0.15) is 0 Å². The largest absolute Gasteiger partial charge is 0.487 e. The lowest BCUT2D eigenvalue weighted by Crippen LogP contribution is -2.41. The number of hydrogen-bond acceptors (Lipinski definition) is 4. The SMILES string of the molecule is CC1(C)CC(NC(=O)Cc2coc(-c3ccccc3)n2)c2ccc(F)cc2O1. The molecule has 6 heteroatoms. The van der Waals surface area contributed by atoms with E-state index < -0.39 is 5.60 Å². The molecule has 0 radical (unpaired) electrons. The van der Waals surface area contributed by atoms with Crippen LogP contribution < -0.4 is 10.1 Å². The standard InChI is InChI=1S/C22H21FN2O3/c1-22(2)12-18(17-9-8-15(23)10-19(17)28-22)25-20(26)11-16-13-27-21(24-16)14-6-4-3-5-7-14/h3-10,13,18H,11-12H2,1-2H3,(H,25,26). The first-order valence-corrected chi connectivity index (χ1v) is 9.17. The summed E-state index contributed by atoms with van der Waals surface area (Å²) in [4.78, 5) is 17.0. The molecule has 1 aliphatic heterocycles. The highest BCUT2D eigenvalue weighted by Gasteiger charge is 2.34. The molecule has 0 aliphatic carbocycles. The number of carbonyl (C=O) groups is 1. The molecule has 2 heterocycles. The Balaban J connectivity index is 1.48. The summed E-state index contributed by atoms with van der Waals surface area (Å²) < 4.78 is 24.9. The van der Waals surface area contributed by atoms with Crippen LogP contribution in [0.25, 0.3) is 11.5 Å². The smallest absolute Gasteiger partial charge is 0.226 e. The molecule has 0 saturated carbocycles. The lowest BCUT2D eigenvalue weighted by molar-refractivity contribution is -0.121. The van der Waals surface area contributed by atoms with Gasteiger partial charge in [0.25, 0.3) is 0 Å². The number of nitrogens with zero attached hydrogens (tertiary/aromatic N) is 1. The molecule has 1 aromatic heterocycles. The molecule has 5 nitrogen and oxygen atoms in total. The van der Waals surface area contributed by atoms with Gasteiger partial charge in [-0.3, -0.25) is 4.79 Å². The van der Waals surface area contributed by atoms with E-state index in [1.165, 1.54) is 18.4 Å². The predicted molar refractivity (Wildman–Crippen MR) is 102 cm³/mol.